The molecule has 1 atom stereocenters. The zero-order chi connectivity index (χ0) is 12.5. The van der Waals surface area contributed by atoms with Crippen LogP contribution in [-0.2, 0) is 0 Å². The van der Waals surface area contributed by atoms with E-state index in [1.54, 1.807) is 6.07 Å². The lowest BCUT2D eigenvalue weighted by Gasteiger charge is -2.36. The Labute approximate surface area is 102 Å². The quantitative estimate of drug-likeness (QED) is 0.767. The highest BCUT2D eigenvalue weighted by Gasteiger charge is 2.28. The van der Waals surface area contributed by atoms with Gasteiger partial charge in [-0.25, -0.2) is 4.39 Å². The fraction of sp³-hybridized carbons (Fsp3) is 0.571. The summed E-state index contributed by atoms with van der Waals surface area (Å²) in [4.78, 5) is 0. The second-order valence-electron chi connectivity index (χ2n) is 5.80. The van der Waals surface area contributed by atoms with Gasteiger partial charge in [-0.1, -0.05) is 26.3 Å². The highest BCUT2D eigenvalue weighted by molar-refractivity contribution is 5.66. The van der Waals surface area contributed by atoms with Crippen LogP contribution in [0.3, 0.4) is 0 Å². The summed E-state index contributed by atoms with van der Waals surface area (Å²) in [6.07, 6.45) is 4.74. The van der Waals surface area contributed by atoms with E-state index in [4.69, 9.17) is 5.73 Å². The maximum atomic E-state index is 13.3. The van der Waals surface area contributed by atoms with Crippen molar-refractivity contribution in [3.63, 3.8) is 0 Å². The van der Waals surface area contributed by atoms with Crippen LogP contribution in [0, 0.1) is 11.2 Å². The first kappa shape index (κ1) is 12.2. The summed E-state index contributed by atoms with van der Waals surface area (Å²) in [6, 6.07) is 5.34. The highest BCUT2D eigenvalue weighted by Crippen LogP contribution is 2.37. The van der Waals surface area contributed by atoms with E-state index in [1.807, 2.05) is 6.07 Å². The van der Waals surface area contributed by atoms with Gasteiger partial charge in [0.05, 0.1) is 11.4 Å². The molecule has 2 rings (SSSR count). The first-order valence-electron chi connectivity index (χ1n) is 6.28. The molecule has 1 unspecified atom stereocenters. The Kier molecular flexibility index (Phi) is 3.27. The van der Waals surface area contributed by atoms with Crippen molar-refractivity contribution in [2.75, 3.05) is 11.1 Å². The normalized spacial score (nSPS) is 23.4. The summed E-state index contributed by atoms with van der Waals surface area (Å²) in [5.41, 5.74) is 7.06. The number of hydrogen-bond donors (Lipinski definition) is 2. The van der Waals surface area contributed by atoms with Crippen LogP contribution >= 0.6 is 0 Å². The Balaban J connectivity index is 2.08. The third kappa shape index (κ3) is 2.90. The van der Waals surface area contributed by atoms with Gasteiger partial charge in [0.25, 0.3) is 0 Å². The maximum Gasteiger partial charge on any atom is 0.148 e. The maximum absolute atomic E-state index is 13.3. The molecule has 94 valence electrons. The Bertz CT molecular complexity index is 401. The molecule has 0 heterocycles. The van der Waals surface area contributed by atoms with Crippen LogP contribution in [0.15, 0.2) is 18.2 Å². The number of rotatable bonds is 2. The van der Waals surface area contributed by atoms with Gasteiger partial charge >= 0.3 is 0 Å². The van der Waals surface area contributed by atoms with E-state index in [0.717, 1.165) is 18.5 Å². The number of benzene rings is 1. The van der Waals surface area contributed by atoms with Gasteiger partial charge in [-0.3, -0.25) is 0 Å². The molecular formula is C14H21FN2. The van der Waals surface area contributed by atoms with Crippen molar-refractivity contribution in [2.45, 2.75) is 45.6 Å². The molecule has 1 aromatic carbocycles. The van der Waals surface area contributed by atoms with E-state index in [-0.39, 0.29) is 11.5 Å². The molecule has 1 aromatic rings. The Hall–Kier alpha value is -1.25. The van der Waals surface area contributed by atoms with Crippen LogP contribution in [0.4, 0.5) is 15.8 Å². The van der Waals surface area contributed by atoms with Gasteiger partial charge in [0.2, 0.25) is 0 Å². The first-order valence-corrected chi connectivity index (χ1v) is 6.28. The number of halogens is 1. The average molecular weight is 236 g/mol. The average Bonchev–Trinajstić information content (AvgIpc) is 2.23. The SMILES string of the molecule is CC1(C)CCCC(Nc2cccc(F)c2N)C1. The molecule has 0 aliphatic heterocycles. The second-order valence-corrected chi connectivity index (χ2v) is 5.80. The van der Waals surface area contributed by atoms with E-state index in [2.05, 4.69) is 19.2 Å². The number of nitrogen functional groups attached to an aromatic ring is 1. The molecule has 0 bridgehead atoms. The lowest BCUT2D eigenvalue weighted by Crippen LogP contribution is -2.32. The first-order chi connectivity index (χ1) is 7.98. The minimum atomic E-state index is -0.343. The summed E-state index contributed by atoms with van der Waals surface area (Å²) in [6.45, 7) is 4.57. The van der Waals surface area contributed by atoms with Crippen molar-refractivity contribution >= 4 is 11.4 Å². The molecule has 1 aliphatic rings. The molecule has 3 heteroatoms. The molecule has 17 heavy (non-hydrogen) atoms. The van der Waals surface area contributed by atoms with Crippen molar-refractivity contribution in [2.24, 2.45) is 5.41 Å². The molecule has 0 saturated heterocycles. The van der Waals surface area contributed by atoms with Gasteiger partial charge in [-0.05, 0) is 36.8 Å². The fourth-order valence-electron chi connectivity index (χ4n) is 2.70. The van der Waals surface area contributed by atoms with Crippen molar-refractivity contribution in [3.05, 3.63) is 24.0 Å². The zero-order valence-electron chi connectivity index (χ0n) is 10.6. The van der Waals surface area contributed by atoms with Gasteiger partial charge < -0.3 is 11.1 Å². The minimum absolute atomic E-state index is 0.232. The topological polar surface area (TPSA) is 38.0 Å². The fourth-order valence-corrected chi connectivity index (χ4v) is 2.70. The van der Waals surface area contributed by atoms with Crippen molar-refractivity contribution in [3.8, 4) is 0 Å². The highest BCUT2D eigenvalue weighted by atomic mass is 19.1. The predicted octanol–water partition coefficient (Wildman–Crippen LogP) is 3.79. The minimum Gasteiger partial charge on any atom is -0.395 e. The van der Waals surface area contributed by atoms with Crippen molar-refractivity contribution < 1.29 is 4.39 Å². The van der Waals surface area contributed by atoms with Gasteiger partial charge in [-0.2, -0.15) is 0 Å². The molecule has 0 radical (unpaired) electrons. The van der Waals surface area contributed by atoms with Crippen LogP contribution < -0.4 is 11.1 Å². The van der Waals surface area contributed by atoms with Gasteiger partial charge in [-0.15, -0.1) is 0 Å². The lowest BCUT2D eigenvalue weighted by atomic mass is 9.75. The molecule has 0 spiro atoms. The van der Waals surface area contributed by atoms with Gasteiger partial charge in [0.15, 0.2) is 0 Å². The molecule has 1 aliphatic carbocycles. The molecule has 0 aromatic heterocycles. The number of hydrogen-bond acceptors (Lipinski definition) is 2. The van der Waals surface area contributed by atoms with Crippen LogP contribution in [0.2, 0.25) is 0 Å². The molecule has 1 saturated carbocycles. The van der Waals surface area contributed by atoms with Gasteiger partial charge in [0, 0.05) is 6.04 Å². The Morgan fingerprint density at radius 2 is 2.18 bits per heavy atom. The largest absolute Gasteiger partial charge is 0.395 e. The predicted molar refractivity (Wildman–Crippen MR) is 70.5 cm³/mol. The smallest absolute Gasteiger partial charge is 0.148 e. The van der Waals surface area contributed by atoms with E-state index >= 15 is 0 Å². The third-order valence-corrected chi connectivity index (χ3v) is 3.62. The van der Waals surface area contributed by atoms with E-state index < -0.39 is 0 Å². The Morgan fingerprint density at radius 3 is 2.88 bits per heavy atom. The number of para-hydroxylation sites is 1. The lowest BCUT2D eigenvalue weighted by molar-refractivity contribution is 0.229. The van der Waals surface area contributed by atoms with Crippen molar-refractivity contribution in [1.29, 1.82) is 0 Å². The van der Waals surface area contributed by atoms with Crippen LogP contribution in [0.25, 0.3) is 0 Å². The summed E-state index contributed by atoms with van der Waals surface area (Å²) in [5.74, 6) is -0.343. The summed E-state index contributed by atoms with van der Waals surface area (Å²) in [7, 11) is 0. The molecule has 0 amide bonds. The second kappa shape index (κ2) is 4.55. The summed E-state index contributed by atoms with van der Waals surface area (Å²) in [5, 5.41) is 3.38. The standard InChI is InChI=1S/C14H21FN2/c1-14(2)8-4-5-10(9-14)17-12-7-3-6-11(15)13(12)16/h3,6-7,10,17H,4-5,8-9,16H2,1-2H3. The van der Waals surface area contributed by atoms with E-state index in [9.17, 15) is 4.39 Å². The summed E-state index contributed by atoms with van der Waals surface area (Å²) < 4.78 is 13.3. The Morgan fingerprint density at radius 1 is 1.41 bits per heavy atom. The van der Waals surface area contributed by atoms with Crippen LogP contribution in [0.1, 0.15) is 39.5 Å². The monoisotopic (exact) mass is 236 g/mol. The number of nitrogens with two attached hydrogens (primary N) is 1. The van der Waals surface area contributed by atoms with Gasteiger partial charge in [0.1, 0.15) is 5.82 Å². The number of anilines is 2. The molecule has 2 nitrogen and oxygen atoms in total. The third-order valence-electron chi connectivity index (χ3n) is 3.62. The zero-order valence-corrected chi connectivity index (χ0v) is 10.6. The van der Waals surface area contributed by atoms with Crippen molar-refractivity contribution in [1.82, 2.24) is 0 Å². The van der Waals surface area contributed by atoms with E-state index in [1.165, 1.54) is 18.9 Å². The molecule has 1 fully saturated rings. The van der Waals surface area contributed by atoms with Crippen LogP contribution in [0.5, 0.6) is 0 Å². The van der Waals surface area contributed by atoms with Crippen LogP contribution in [-0.4, -0.2) is 6.04 Å². The van der Waals surface area contributed by atoms with E-state index in [0.29, 0.717) is 11.5 Å². The number of nitrogens with one attached hydrogen (secondary N) is 1. The molecular weight excluding hydrogens is 215 g/mol. The summed E-state index contributed by atoms with van der Waals surface area (Å²) >= 11 is 0. The molecule has 3 N–H and O–H groups in total.